The Balaban J connectivity index is 1.99. The number of nitrogens with zero attached hydrogens (tertiary/aromatic N) is 1. The van der Waals surface area contributed by atoms with Crippen LogP contribution in [0.3, 0.4) is 0 Å². The number of aromatic nitrogens is 1. The van der Waals surface area contributed by atoms with E-state index in [1.807, 2.05) is 38.1 Å². The van der Waals surface area contributed by atoms with Gasteiger partial charge in [-0.1, -0.05) is 23.8 Å². The number of benzene rings is 1. The molecule has 0 aliphatic carbocycles. The molecule has 0 bridgehead atoms. The lowest BCUT2D eigenvalue weighted by atomic mass is 9.97. The Hall–Kier alpha value is -1.71. The maximum absolute atomic E-state index is 10.5. The van der Waals surface area contributed by atoms with E-state index in [2.05, 4.69) is 23.3 Å². The lowest BCUT2D eigenvalue weighted by Crippen LogP contribution is -2.32. The molecule has 2 atom stereocenters. The Bertz CT molecular complexity index is 554. The molecule has 2 rings (SSSR count). The Morgan fingerprint density at radius 3 is 2.50 bits per heavy atom. The lowest BCUT2D eigenvalue weighted by molar-refractivity contribution is 0.134. The molecule has 0 aliphatic heterocycles. The van der Waals surface area contributed by atoms with E-state index in [0.29, 0.717) is 0 Å². The highest BCUT2D eigenvalue weighted by molar-refractivity contribution is 5.32. The van der Waals surface area contributed by atoms with Gasteiger partial charge in [0.25, 0.3) is 0 Å². The van der Waals surface area contributed by atoms with Crippen molar-refractivity contribution in [2.24, 2.45) is 0 Å². The van der Waals surface area contributed by atoms with Crippen molar-refractivity contribution in [3.63, 3.8) is 0 Å². The molecule has 3 nitrogen and oxygen atoms in total. The van der Waals surface area contributed by atoms with Gasteiger partial charge in [-0.15, -0.1) is 0 Å². The minimum Gasteiger partial charge on any atom is -0.387 e. The Kier molecular flexibility index (Phi) is 4.88. The van der Waals surface area contributed by atoms with E-state index >= 15 is 0 Å². The van der Waals surface area contributed by atoms with Crippen LogP contribution in [0.2, 0.25) is 0 Å². The second-order valence-corrected chi connectivity index (χ2v) is 5.33. The second-order valence-electron chi connectivity index (χ2n) is 5.33. The van der Waals surface area contributed by atoms with Crippen LogP contribution in [0.15, 0.2) is 42.7 Å². The molecule has 106 valence electrons. The van der Waals surface area contributed by atoms with Crippen molar-refractivity contribution >= 4 is 0 Å². The van der Waals surface area contributed by atoms with Crippen molar-refractivity contribution in [3.8, 4) is 0 Å². The highest BCUT2D eigenvalue weighted by Gasteiger charge is 2.17. The predicted molar refractivity (Wildman–Crippen MR) is 81.4 cm³/mol. The summed E-state index contributed by atoms with van der Waals surface area (Å²) in [4.78, 5) is 4.00. The quantitative estimate of drug-likeness (QED) is 0.878. The fourth-order valence-corrected chi connectivity index (χ4v) is 2.32. The van der Waals surface area contributed by atoms with Crippen LogP contribution in [0.4, 0.5) is 0 Å². The summed E-state index contributed by atoms with van der Waals surface area (Å²) < 4.78 is 0. The summed E-state index contributed by atoms with van der Waals surface area (Å²) in [5, 5.41) is 13.8. The fourth-order valence-electron chi connectivity index (χ4n) is 2.32. The third kappa shape index (κ3) is 3.65. The number of hydrogen-bond acceptors (Lipinski definition) is 3. The van der Waals surface area contributed by atoms with Crippen molar-refractivity contribution in [1.29, 1.82) is 0 Å². The maximum atomic E-state index is 10.5. The van der Waals surface area contributed by atoms with Gasteiger partial charge in [-0.25, -0.2) is 0 Å². The average molecular weight is 270 g/mol. The van der Waals surface area contributed by atoms with Crippen LogP contribution < -0.4 is 5.32 Å². The summed E-state index contributed by atoms with van der Waals surface area (Å²) in [6, 6.07) is 10.1. The first kappa shape index (κ1) is 14.7. The molecule has 0 spiro atoms. The number of aliphatic hydroxyl groups is 1. The molecular weight excluding hydrogens is 248 g/mol. The van der Waals surface area contributed by atoms with E-state index in [-0.39, 0.29) is 6.04 Å². The summed E-state index contributed by atoms with van der Waals surface area (Å²) in [5.74, 6) is 0. The van der Waals surface area contributed by atoms with Gasteiger partial charge in [-0.3, -0.25) is 4.98 Å². The van der Waals surface area contributed by atoms with Gasteiger partial charge in [0.05, 0.1) is 6.10 Å². The second kappa shape index (κ2) is 6.64. The lowest BCUT2D eigenvalue weighted by Gasteiger charge is -2.22. The first-order valence-electron chi connectivity index (χ1n) is 6.95. The molecule has 0 radical (unpaired) electrons. The van der Waals surface area contributed by atoms with Crippen molar-refractivity contribution in [2.75, 3.05) is 0 Å². The minimum absolute atomic E-state index is 0.00966. The van der Waals surface area contributed by atoms with Crippen LogP contribution in [0.1, 0.15) is 35.3 Å². The van der Waals surface area contributed by atoms with Gasteiger partial charge in [0.1, 0.15) is 0 Å². The largest absolute Gasteiger partial charge is 0.387 e. The summed E-state index contributed by atoms with van der Waals surface area (Å²) in [6.45, 7) is 6.84. The normalized spacial score (nSPS) is 14.0. The van der Waals surface area contributed by atoms with E-state index in [0.717, 1.165) is 17.7 Å². The van der Waals surface area contributed by atoms with Gasteiger partial charge in [-0.05, 0) is 49.6 Å². The van der Waals surface area contributed by atoms with Gasteiger partial charge in [0.15, 0.2) is 0 Å². The molecule has 2 aromatic rings. The van der Waals surface area contributed by atoms with Crippen molar-refractivity contribution in [3.05, 3.63) is 65.0 Å². The molecule has 0 aliphatic rings. The Morgan fingerprint density at radius 2 is 1.85 bits per heavy atom. The molecule has 1 heterocycles. The standard InChI is InChI=1S/C17H22N2O/c1-12-4-5-16(13(2)10-12)17(20)14(3)19-11-15-6-8-18-9-7-15/h4-10,14,17,19-20H,11H2,1-3H3. The van der Waals surface area contributed by atoms with E-state index < -0.39 is 6.10 Å². The van der Waals surface area contributed by atoms with Crippen LogP contribution >= 0.6 is 0 Å². The van der Waals surface area contributed by atoms with E-state index in [9.17, 15) is 5.11 Å². The number of pyridine rings is 1. The molecule has 2 unspecified atom stereocenters. The third-order valence-corrected chi connectivity index (χ3v) is 3.60. The molecule has 1 aromatic carbocycles. The van der Waals surface area contributed by atoms with Gasteiger partial charge < -0.3 is 10.4 Å². The van der Waals surface area contributed by atoms with Crippen LogP contribution in [0.25, 0.3) is 0 Å². The van der Waals surface area contributed by atoms with Crippen molar-refractivity contribution < 1.29 is 5.11 Å². The zero-order valence-electron chi connectivity index (χ0n) is 12.3. The molecular formula is C17H22N2O. The number of hydrogen-bond donors (Lipinski definition) is 2. The maximum Gasteiger partial charge on any atom is 0.0942 e. The molecule has 20 heavy (non-hydrogen) atoms. The van der Waals surface area contributed by atoms with Crippen LogP contribution in [-0.4, -0.2) is 16.1 Å². The number of aryl methyl sites for hydroxylation is 2. The van der Waals surface area contributed by atoms with Gasteiger partial charge in [0.2, 0.25) is 0 Å². The highest BCUT2D eigenvalue weighted by atomic mass is 16.3. The topological polar surface area (TPSA) is 45.1 Å². The zero-order chi connectivity index (χ0) is 14.5. The zero-order valence-corrected chi connectivity index (χ0v) is 12.3. The van der Waals surface area contributed by atoms with Gasteiger partial charge in [-0.2, -0.15) is 0 Å². The summed E-state index contributed by atoms with van der Waals surface area (Å²) >= 11 is 0. The van der Waals surface area contributed by atoms with E-state index in [1.54, 1.807) is 12.4 Å². The first-order chi connectivity index (χ1) is 9.58. The molecule has 0 saturated heterocycles. The van der Waals surface area contributed by atoms with Gasteiger partial charge >= 0.3 is 0 Å². The number of aliphatic hydroxyl groups excluding tert-OH is 1. The summed E-state index contributed by atoms with van der Waals surface area (Å²) in [6.07, 6.45) is 3.06. The van der Waals surface area contributed by atoms with Crippen LogP contribution in [-0.2, 0) is 6.54 Å². The molecule has 3 heteroatoms. The number of nitrogens with one attached hydrogen (secondary N) is 1. The number of rotatable bonds is 5. The minimum atomic E-state index is -0.502. The Morgan fingerprint density at radius 1 is 1.15 bits per heavy atom. The fraction of sp³-hybridized carbons (Fsp3) is 0.353. The van der Waals surface area contributed by atoms with Crippen molar-refractivity contribution in [1.82, 2.24) is 10.3 Å². The molecule has 1 aromatic heterocycles. The molecule has 0 fully saturated rings. The molecule has 0 amide bonds. The average Bonchev–Trinajstić information content (AvgIpc) is 2.45. The van der Waals surface area contributed by atoms with E-state index in [1.165, 1.54) is 11.1 Å². The summed E-state index contributed by atoms with van der Waals surface area (Å²) in [7, 11) is 0. The van der Waals surface area contributed by atoms with Crippen LogP contribution in [0, 0.1) is 13.8 Å². The monoisotopic (exact) mass is 270 g/mol. The third-order valence-electron chi connectivity index (χ3n) is 3.60. The Labute approximate surface area is 120 Å². The predicted octanol–water partition coefficient (Wildman–Crippen LogP) is 2.91. The van der Waals surface area contributed by atoms with Gasteiger partial charge in [0, 0.05) is 25.0 Å². The smallest absolute Gasteiger partial charge is 0.0942 e. The van der Waals surface area contributed by atoms with E-state index in [4.69, 9.17) is 0 Å². The highest BCUT2D eigenvalue weighted by Crippen LogP contribution is 2.21. The van der Waals surface area contributed by atoms with Crippen molar-refractivity contribution in [2.45, 2.75) is 39.5 Å². The van der Waals surface area contributed by atoms with Crippen LogP contribution in [0.5, 0.6) is 0 Å². The summed E-state index contributed by atoms with van der Waals surface area (Å²) in [5.41, 5.74) is 4.51. The first-order valence-corrected chi connectivity index (χ1v) is 6.95. The molecule has 2 N–H and O–H groups in total. The molecule has 0 saturated carbocycles. The SMILES string of the molecule is Cc1ccc(C(O)C(C)NCc2ccncc2)c(C)c1.